The number of benzene rings is 2. The molecule has 0 radical (unpaired) electrons. The Kier molecular flexibility index (Phi) is 5.97. The smallest absolute Gasteiger partial charge is 0.231 e. The molecule has 1 aliphatic rings. The molecule has 7 heteroatoms. The topological polar surface area (TPSA) is 62.3 Å². The van der Waals surface area contributed by atoms with E-state index >= 15 is 0 Å². The van der Waals surface area contributed by atoms with Crippen molar-refractivity contribution >= 4 is 29.0 Å². The van der Waals surface area contributed by atoms with E-state index in [2.05, 4.69) is 20.5 Å². The van der Waals surface area contributed by atoms with E-state index in [0.29, 0.717) is 23.0 Å². The Morgan fingerprint density at radius 2 is 1.73 bits per heavy atom. The van der Waals surface area contributed by atoms with Gasteiger partial charge in [-0.3, -0.25) is 0 Å². The summed E-state index contributed by atoms with van der Waals surface area (Å²) in [4.78, 5) is 11.6. The number of methoxy groups -OCH3 is 1. The van der Waals surface area contributed by atoms with Crippen molar-refractivity contribution in [2.24, 2.45) is 0 Å². The molecule has 2 heterocycles. The highest BCUT2D eigenvalue weighted by Gasteiger charge is 2.16. The van der Waals surface area contributed by atoms with E-state index < -0.39 is 0 Å². The van der Waals surface area contributed by atoms with Crippen molar-refractivity contribution in [3.05, 3.63) is 59.9 Å². The number of nitrogens with zero attached hydrogens (tertiary/aromatic N) is 3. The van der Waals surface area contributed by atoms with Crippen LogP contribution >= 0.6 is 0 Å². The molecular formula is C23H26FN5O. The molecule has 6 nitrogen and oxygen atoms in total. The summed E-state index contributed by atoms with van der Waals surface area (Å²) < 4.78 is 19.2. The standard InChI is InChI=1S/C23H26FN5O/c1-16-19(24)7-6-8-20(16)26-21-15-22(29-13-4-3-5-14-29)28-23(27-21)25-17-9-11-18(30-2)12-10-17/h6-12,15H,3-5,13-14H2,1-2H3,(H2,25,26,27,28). The van der Waals surface area contributed by atoms with Gasteiger partial charge in [0.2, 0.25) is 5.95 Å². The average Bonchev–Trinajstić information content (AvgIpc) is 2.78. The fraction of sp³-hybridized carbons (Fsp3) is 0.304. The highest BCUT2D eigenvalue weighted by atomic mass is 19.1. The van der Waals surface area contributed by atoms with Crippen molar-refractivity contribution in [1.29, 1.82) is 0 Å². The molecular weight excluding hydrogens is 381 g/mol. The van der Waals surface area contributed by atoms with Gasteiger partial charge < -0.3 is 20.3 Å². The van der Waals surface area contributed by atoms with Crippen LogP contribution in [0.4, 0.5) is 33.3 Å². The maximum atomic E-state index is 14.0. The Labute approximate surface area is 176 Å². The Bertz CT molecular complexity index is 1000. The monoisotopic (exact) mass is 407 g/mol. The lowest BCUT2D eigenvalue weighted by molar-refractivity contribution is 0.415. The zero-order valence-electron chi connectivity index (χ0n) is 17.3. The molecule has 4 rings (SSSR count). The maximum Gasteiger partial charge on any atom is 0.231 e. The molecule has 0 atom stereocenters. The van der Waals surface area contributed by atoms with Crippen LogP contribution in [-0.4, -0.2) is 30.2 Å². The van der Waals surface area contributed by atoms with Gasteiger partial charge in [-0.25, -0.2) is 4.39 Å². The minimum Gasteiger partial charge on any atom is -0.497 e. The number of rotatable bonds is 6. The number of ether oxygens (including phenoxy) is 1. The van der Waals surface area contributed by atoms with Crippen LogP contribution in [0, 0.1) is 12.7 Å². The summed E-state index contributed by atoms with van der Waals surface area (Å²) >= 11 is 0. The van der Waals surface area contributed by atoms with E-state index in [-0.39, 0.29) is 5.82 Å². The van der Waals surface area contributed by atoms with Crippen LogP contribution < -0.4 is 20.3 Å². The lowest BCUT2D eigenvalue weighted by Gasteiger charge is -2.28. The van der Waals surface area contributed by atoms with Crippen LogP contribution in [0.5, 0.6) is 5.75 Å². The van der Waals surface area contributed by atoms with E-state index in [0.717, 1.165) is 43.2 Å². The molecule has 1 aliphatic heterocycles. The first-order valence-corrected chi connectivity index (χ1v) is 10.2. The van der Waals surface area contributed by atoms with Crippen LogP contribution in [0.3, 0.4) is 0 Å². The second-order valence-electron chi connectivity index (χ2n) is 7.37. The predicted molar refractivity (Wildman–Crippen MR) is 119 cm³/mol. The summed E-state index contributed by atoms with van der Waals surface area (Å²) in [6, 6.07) is 14.5. The van der Waals surface area contributed by atoms with Gasteiger partial charge in [0.1, 0.15) is 23.2 Å². The third-order valence-electron chi connectivity index (χ3n) is 5.27. The van der Waals surface area contributed by atoms with E-state index in [9.17, 15) is 4.39 Å². The van der Waals surface area contributed by atoms with Crippen molar-refractivity contribution in [2.45, 2.75) is 26.2 Å². The molecule has 1 aromatic heterocycles. The Morgan fingerprint density at radius 3 is 2.47 bits per heavy atom. The van der Waals surface area contributed by atoms with Gasteiger partial charge in [-0.2, -0.15) is 9.97 Å². The largest absolute Gasteiger partial charge is 0.497 e. The molecule has 0 spiro atoms. The first-order chi connectivity index (χ1) is 14.6. The maximum absolute atomic E-state index is 14.0. The van der Waals surface area contributed by atoms with Crippen LogP contribution in [0.25, 0.3) is 0 Å². The number of aromatic nitrogens is 2. The van der Waals surface area contributed by atoms with E-state index in [4.69, 9.17) is 9.72 Å². The normalized spacial score (nSPS) is 13.8. The van der Waals surface area contributed by atoms with Gasteiger partial charge in [-0.1, -0.05) is 6.07 Å². The number of anilines is 5. The number of hydrogen-bond acceptors (Lipinski definition) is 6. The molecule has 0 amide bonds. The molecule has 1 saturated heterocycles. The summed E-state index contributed by atoms with van der Waals surface area (Å²) in [6.45, 7) is 3.69. The number of nitrogens with one attached hydrogen (secondary N) is 2. The third kappa shape index (κ3) is 4.62. The van der Waals surface area contributed by atoms with Gasteiger partial charge in [-0.15, -0.1) is 0 Å². The van der Waals surface area contributed by atoms with Gasteiger partial charge in [-0.05, 0) is 62.6 Å². The Hall–Kier alpha value is -3.35. The highest BCUT2D eigenvalue weighted by Crippen LogP contribution is 2.27. The predicted octanol–water partition coefficient (Wildman–Crippen LogP) is 5.41. The summed E-state index contributed by atoms with van der Waals surface area (Å²) in [5, 5.41) is 6.53. The Morgan fingerprint density at radius 1 is 0.967 bits per heavy atom. The summed E-state index contributed by atoms with van der Waals surface area (Å²) in [5.74, 6) is 2.50. The van der Waals surface area contributed by atoms with Gasteiger partial charge >= 0.3 is 0 Å². The van der Waals surface area contributed by atoms with Crippen molar-refractivity contribution in [2.75, 3.05) is 35.7 Å². The SMILES string of the molecule is COc1ccc(Nc2nc(Nc3cccc(F)c3C)cc(N3CCCCC3)n2)cc1. The van der Waals surface area contributed by atoms with Crippen molar-refractivity contribution in [1.82, 2.24) is 9.97 Å². The molecule has 2 aromatic carbocycles. The van der Waals surface area contributed by atoms with Crippen LogP contribution in [0.2, 0.25) is 0 Å². The van der Waals surface area contributed by atoms with E-state index in [1.165, 1.54) is 12.5 Å². The number of halogens is 1. The Balaban J connectivity index is 1.65. The third-order valence-corrected chi connectivity index (χ3v) is 5.27. The molecule has 0 saturated carbocycles. The fourth-order valence-electron chi connectivity index (χ4n) is 3.52. The molecule has 2 N–H and O–H groups in total. The van der Waals surface area contributed by atoms with Gasteiger partial charge in [0.25, 0.3) is 0 Å². The van der Waals surface area contributed by atoms with Gasteiger partial charge in [0.15, 0.2) is 0 Å². The van der Waals surface area contributed by atoms with Gasteiger partial charge in [0.05, 0.1) is 7.11 Å². The molecule has 1 fully saturated rings. The second kappa shape index (κ2) is 8.98. The molecule has 30 heavy (non-hydrogen) atoms. The van der Waals surface area contributed by atoms with E-state index in [1.54, 1.807) is 20.1 Å². The fourth-order valence-corrected chi connectivity index (χ4v) is 3.52. The number of hydrogen-bond donors (Lipinski definition) is 2. The lowest BCUT2D eigenvalue weighted by atomic mass is 10.1. The first-order valence-electron chi connectivity index (χ1n) is 10.2. The molecule has 156 valence electrons. The summed E-state index contributed by atoms with van der Waals surface area (Å²) in [7, 11) is 1.64. The minimum atomic E-state index is -0.248. The zero-order chi connectivity index (χ0) is 20.9. The molecule has 0 aliphatic carbocycles. The average molecular weight is 407 g/mol. The van der Waals surface area contributed by atoms with Crippen LogP contribution in [0.1, 0.15) is 24.8 Å². The van der Waals surface area contributed by atoms with Crippen LogP contribution in [-0.2, 0) is 0 Å². The second-order valence-corrected chi connectivity index (χ2v) is 7.37. The highest BCUT2D eigenvalue weighted by molar-refractivity contribution is 5.66. The quantitative estimate of drug-likeness (QED) is 0.570. The first kappa shape index (κ1) is 19.9. The van der Waals surface area contributed by atoms with Crippen LogP contribution in [0.15, 0.2) is 48.5 Å². The zero-order valence-corrected chi connectivity index (χ0v) is 17.3. The molecule has 3 aromatic rings. The number of piperidine rings is 1. The lowest BCUT2D eigenvalue weighted by Crippen LogP contribution is -2.30. The van der Waals surface area contributed by atoms with E-state index in [1.807, 2.05) is 36.4 Å². The molecule has 0 unspecified atom stereocenters. The minimum absolute atomic E-state index is 0.248. The molecule has 0 bridgehead atoms. The summed E-state index contributed by atoms with van der Waals surface area (Å²) in [5.41, 5.74) is 2.11. The van der Waals surface area contributed by atoms with Crippen molar-refractivity contribution in [3.63, 3.8) is 0 Å². The summed E-state index contributed by atoms with van der Waals surface area (Å²) in [6.07, 6.45) is 3.54. The van der Waals surface area contributed by atoms with Crippen molar-refractivity contribution < 1.29 is 9.13 Å². The van der Waals surface area contributed by atoms with Gasteiger partial charge in [0, 0.05) is 36.1 Å². The van der Waals surface area contributed by atoms with Crippen molar-refractivity contribution in [3.8, 4) is 5.75 Å².